The summed E-state index contributed by atoms with van der Waals surface area (Å²) in [6, 6.07) is 7.34. The molecule has 1 fully saturated rings. The van der Waals surface area contributed by atoms with Gasteiger partial charge in [0.2, 0.25) is 0 Å². The number of halogens is 4. The number of alkyl halides is 3. The minimum absolute atomic E-state index is 0. The van der Waals surface area contributed by atoms with Gasteiger partial charge in [0.1, 0.15) is 12.2 Å². The molecule has 0 radical (unpaired) electrons. The van der Waals surface area contributed by atoms with Crippen molar-refractivity contribution in [3.05, 3.63) is 35.4 Å². The molecule has 2 heterocycles. The van der Waals surface area contributed by atoms with Crippen molar-refractivity contribution in [3.63, 3.8) is 0 Å². The zero-order valence-corrected chi connectivity index (χ0v) is 20.8. The van der Waals surface area contributed by atoms with Crippen LogP contribution in [-0.4, -0.2) is 72.5 Å². The predicted octanol–water partition coefficient (Wildman–Crippen LogP) is 3.76. The van der Waals surface area contributed by atoms with E-state index in [4.69, 9.17) is 9.47 Å². The van der Waals surface area contributed by atoms with E-state index in [-0.39, 0.29) is 42.7 Å². The Hall–Kier alpha value is -1.76. The number of carbonyl (C=O) groups is 1. The summed E-state index contributed by atoms with van der Waals surface area (Å²) in [5.74, 6) is 0.771. The van der Waals surface area contributed by atoms with Gasteiger partial charge in [-0.05, 0) is 31.9 Å². The minimum atomic E-state index is -4.33. The van der Waals surface area contributed by atoms with Crippen LogP contribution in [0.1, 0.15) is 31.9 Å². The number of carbonyl (C=O) groups excluding carboxylic acids is 1. The Morgan fingerprint density at radius 3 is 2.62 bits per heavy atom. The molecule has 0 aromatic heterocycles. The Labute approximate surface area is 203 Å². The molecule has 0 saturated carbocycles. The molecular formula is C21H30F3IN4O3. The number of guanidine groups is 1. The van der Waals surface area contributed by atoms with Crippen molar-refractivity contribution in [2.75, 3.05) is 32.8 Å². The highest BCUT2D eigenvalue weighted by molar-refractivity contribution is 14.0. The third-order valence-electron chi connectivity index (χ3n) is 4.83. The average Bonchev–Trinajstić information content (AvgIpc) is 3.06. The number of hydrogen-bond acceptors (Lipinski definition) is 6. The van der Waals surface area contributed by atoms with E-state index >= 15 is 0 Å². The van der Waals surface area contributed by atoms with Crippen molar-refractivity contribution < 1.29 is 27.4 Å². The molecule has 3 rings (SSSR count). The second kappa shape index (κ2) is 10.9. The van der Waals surface area contributed by atoms with Crippen molar-refractivity contribution in [2.24, 2.45) is 4.99 Å². The van der Waals surface area contributed by atoms with Crippen LogP contribution in [-0.2, 0) is 22.6 Å². The Morgan fingerprint density at radius 2 is 1.94 bits per heavy atom. The molecule has 0 spiro atoms. The average molecular weight is 570 g/mol. The lowest BCUT2D eigenvalue weighted by molar-refractivity contribution is -0.176. The van der Waals surface area contributed by atoms with Crippen LogP contribution >= 0.6 is 24.0 Å². The third-order valence-corrected chi connectivity index (χ3v) is 4.83. The van der Waals surface area contributed by atoms with Crippen molar-refractivity contribution in [1.29, 1.82) is 0 Å². The van der Waals surface area contributed by atoms with Gasteiger partial charge in [-0.1, -0.05) is 24.3 Å². The molecule has 1 N–H and O–H groups in total. The maximum atomic E-state index is 12.3. The molecule has 1 amide bonds. The van der Waals surface area contributed by atoms with Crippen LogP contribution < -0.4 is 5.32 Å². The van der Waals surface area contributed by atoms with Crippen LogP contribution in [0.15, 0.2) is 29.3 Å². The fourth-order valence-electron chi connectivity index (χ4n) is 3.52. The van der Waals surface area contributed by atoms with Crippen LogP contribution in [0.3, 0.4) is 0 Å². The van der Waals surface area contributed by atoms with E-state index in [1.807, 2.05) is 32.9 Å². The SMILES string of the molecule is CC(C)(C)OC(=O)N1CCN2C(NCc3cccc(COCC(F)(F)F)c3)=NCC2C1.I. The zero-order chi connectivity index (χ0) is 22.6. The smallest absolute Gasteiger partial charge is 0.411 e. The maximum absolute atomic E-state index is 12.3. The zero-order valence-electron chi connectivity index (χ0n) is 18.4. The van der Waals surface area contributed by atoms with Crippen LogP contribution in [0.4, 0.5) is 18.0 Å². The second-order valence-corrected chi connectivity index (χ2v) is 8.72. The second-order valence-electron chi connectivity index (χ2n) is 8.72. The number of hydrogen-bond donors (Lipinski definition) is 1. The van der Waals surface area contributed by atoms with Gasteiger partial charge in [0.05, 0.1) is 19.2 Å². The predicted molar refractivity (Wildman–Crippen MR) is 125 cm³/mol. The van der Waals surface area contributed by atoms with E-state index in [1.54, 1.807) is 17.0 Å². The van der Waals surface area contributed by atoms with Gasteiger partial charge in [0, 0.05) is 26.2 Å². The van der Waals surface area contributed by atoms with E-state index in [2.05, 4.69) is 15.2 Å². The van der Waals surface area contributed by atoms with E-state index < -0.39 is 18.4 Å². The molecule has 1 aromatic carbocycles. The minimum Gasteiger partial charge on any atom is -0.444 e. The van der Waals surface area contributed by atoms with Gasteiger partial charge in [-0.15, -0.1) is 24.0 Å². The number of rotatable bonds is 5. The van der Waals surface area contributed by atoms with Gasteiger partial charge in [0.15, 0.2) is 5.96 Å². The third kappa shape index (κ3) is 7.98. The first-order chi connectivity index (χ1) is 14.5. The fraction of sp³-hybridized carbons (Fsp3) is 0.619. The van der Waals surface area contributed by atoms with Gasteiger partial charge in [0.25, 0.3) is 0 Å². The maximum Gasteiger partial charge on any atom is 0.411 e. The van der Waals surface area contributed by atoms with E-state index in [9.17, 15) is 18.0 Å². The number of benzene rings is 1. The van der Waals surface area contributed by atoms with Gasteiger partial charge < -0.3 is 24.6 Å². The molecule has 1 unspecified atom stereocenters. The van der Waals surface area contributed by atoms with Crippen LogP contribution in [0, 0.1) is 0 Å². The van der Waals surface area contributed by atoms with Gasteiger partial charge in [-0.25, -0.2) is 4.79 Å². The number of nitrogens with one attached hydrogen (secondary N) is 1. The molecule has 2 aliphatic heterocycles. The standard InChI is InChI=1S/C21H29F3N4O3.HI/c1-20(2,3)31-19(29)27-7-8-28-17(12-27)11-26-18(28)25-10-15-5-4-6-16(9-15)13-30-14-21(22,23)24;/h4-6,9,17H,7-8,10-14H2,1-3H3,(H,25,26);1H. The normalized spacial score (nSPS) is 18.6. The topological polar surface area (TPSA) is 66.4 Å². The molecule has 1 atom stereocenters. The summed E-state index contributed by atoms with van der Waals surface area (Å²) in [4.78, 5) is 20.7. The molecule has 7 nitrogen and oxygen atoms in total. The first-order valence-electron chi connectivity index (χ1n) is 10.3. The lowest BCUT2D eigenvalue weighted by atomic mass is 10.1. The molecule has 32 heavy (non-hydrogen) atoms. The number of ether oxygens (including phenoxy) is 2. The highest BCUT2D eigenvalue weighted by Crippen LogP contribution is 2.19. The van der Waals surface area contributed by atoms with E-state index in [0.29, 0.717) is 38.3 Å². The van der Waals surface area contributed by atoms with Crippen molar-refractivity contribution in [2.45, 2.75) is 51.7 Å². The summed E-state index contributed by atoms with van der Waals surface area (Å²) in [6.45, 7) is 7.02. The van der Waals surface area contributed by atoms with Crippen LogP contribution in [0.25, 0.3) is 0 Å². The number of nitrogens with zero attached hydrogens (tertiary/aromatic N) is 3. The molecule has 1 aromatic rings. The Balaban J connectivity index is 0.00000363. The number of amides is 1. The molecule has 11 heteroatoms. The molecular weight excluding hydrogens is 540 g/mol. The van der Waals surface area contributed by atoms with Crippen molar-refractivity contribution in [3.8, 4) is 0 Å². The van der Waals surface area contributed by atoms with Gasteiger partial charge in [-0.3, -0.25) is 4.99 Å². The summed E-state index contributed by atoms with van der Waals surface area (Å²) in [5.41, 5.74) is 1.08. The molecule has 180 valence electrons. The Morgan fingerprint density at radius 1 is 1.22 bits per heavy atom. The van der Waals surface area contributed by atoms with E-state index in [0.717, 1.165) is 11.5 Å². The number of fused-ring (bicyclic) bond motifs is 1. The summed E-state index contributed by atoms with van der Waals surface area (Å²) in [5, 5.41) is 3.31. The van der Waals surface area contributed by atoms with Crippen molar-refractivity contribution >= 4 is 36.0 Å². The largest absolute Gasteiger partial charge is 0.444 e. The van der Waals surface area contributed by atoms with Gasteiger partial charge in [-0.2, -0.15) is 13.2 Å². The summed E-state index contributed by atoms with van der Waals surface area (Å²) in [6.07, 6.45) is -4.64. The van der Waals surface area contributed by atoms with E-state index in [1.165, 1.54) is 0 Å². The highest BCUT2D eigenvalue weighted by Gasteiger charge is 2.36. The quantitative estimate of drug-likeness (QED) is 0.547. The number of aliphatic imine (C=N–C) groups is 1. The Kier molecular flexibility index (Phi) is 9.03. The summed E-state index contributed by atoms with van der Waals surface area (Å²) >= 11 is 0. The van der Waals surface area contributed by atoms with Gasteiger partial charge >= 0.3 is 12.3 Å². The van der Waals surface area contributed by atoms with Crippen LogP contribution in [0.2, 0.25) is 0 Å². The summed E-state index contributed by atoms with van der Waals surface area (Å²) < 4.78 is 46.9. The fourth-order valence-corrected chi connectivity index (χ4v) is 3.52. The highest BCUT2D eigenvalue weighted by atomic mass is 127. The monoisotopic (exact) mass is 570 g/mol. The van der Waals surface area contributed by atoms with Crippen molar-refractivity contribution in [1.82, 2.24) is 15.1 Å². The molecule has 2 aliphatic rings. The lowest BCUT2D eigenvalue weighted by Gasteiger charge is -2.39. The first kappa shape index (κ1) is 26.5. The first-order valence-corrected chi connectivity index (χ1v) is 10.3. The lowest BCUT2D eigenvalue weighted by Crippen LogP contribution is -2.57. The van der Waals surface area contributed by atoms with Crippen LogP contribution in [0.5, 0.6) is 0 Å². The molecule has 0 bridgehead atoms. The summed E-state index contributed by atoms with van der Waals surface area (Å²) in [7, 11) is 0. The molecule has 0 aliphatic carbocycles. The number of piperazine rings is 1. The molecule has 1 saturated heterocycles. The Bertz CT molecular complexity index is 814.